The number of carbonyl (C=O) groups is 3. The van der Waals surface area contributed by atoms with Crippen LogP contribution in [0, 0.1) is 0 Å². The average Bonchev–Trinajstić information content (AvgIpc) is 3.35. The van der Waals surface area contributed by atoms with Gasteiger partial charge in [-0.25, -0.2) is 0 Å². The number of primary amides is 1. The Morgan fingerprint density at radius 3 is 2.62 bits per heavy atom. The van der Waals surface area contributed by atoms with Gasteiger partial charge in [0.25, 0.3) is 11.8 Å². The van der Waals surface area contributed by atoms with Crippen LogP contribution >= 0.6 is 22.9 Å². The average molecular weight is 436 g/mol. The first kappa shape index (κ1) is 21.3. The number of hydrogen-bond donors (Lipinski definition) is 3. The van der Waals surface area contributed by atoms with Crippen molar-refractivity contribution >= 4 is 46.3 Å². The van der Waals surface area contributed by atoms with Gasteiger partial charge in [0.1, 0.15) is 10.9 Å². The van der Waals surface area contributed by atoms with Crippen molar-refractivity contribution in [3.05, 3.63) is 33.0 Å². The van der Waals surface area contributed by atoms with Gasteiger partial charge in [-0.2, -0.15) is 4.37 Å². The summed E-state index contributed by atoms with van der Waals surface area (Å²) in [7, 11) is 0. The van der Waals surface area contributed by atoms with Gasteiger partial charge in [-0.3, -0.25) is 14.4 Å². The van der Waals surface area contributed by atoms with Crippen molar-refractivity contribution in [2.24, 2.45) is 5.73 Å². The maximum atomic E-state index is 13.3. The summed E-state index contributed by atoms with van der Waals surface area (Å²) in [6.07, 6.45) is 5.31. The van der Waals surface area contributed by atoms with Crippen LogP contribution in [0.1, 0.15) is 64.1 Å². The van der Waals surface area contributed by atoms with Crippen molar-refractivity contribution < 1.29 is 14.4 Å². The molecule has 0 radical (unpaired) electrons. The highest BCUT2D eigenvalue weighted by Gasteiger charge is 2.32. The summed E-state index contributed by atoms with van der Waals surface area (Å²) in [5, 5.41) is 4.99. The van der Waals surface area contributed by atoms with Gasteiger partial charge in [-0.15, -0.1) is 11.3 Å². The SMILES string of the molecule is C[C@@H](C(=O)NC1CCCCC1)N(Cc1cccs1)C(=O)c1snc(C(N)=O)c1N. The number of thiophene rings is 1. The molecule has 2 aromatic heterocycles. The lowest BCUT2D eigenvalue weighted by molar-refractivity contribution is -0.126. The van der Waals surface area contributed by atoms with E-state index in [-0.39, 0.29) is 34.8 Å². The predicted octanol–water partition coefficient (Wildman–Crippen LogP) is 2.37. The van der Waals surface area contributed by atoms with E-state index in [0.717, 1.165) is 42.1 Å². The normalized spacial score (nSPS) is 15.6. The van der Waals surface area contributed by atoms with Crippen LogP contribution in [0.4, 0.5) is 5.69 Å². The number of nitrogens with one attached hydrogen (secondary N) is 1. The van der Waals surface area contributed by atoms with Crippen LogP contribution < -0.4 is 16.8 Å². The minimum atomic E-state index is -0.786. The molecule has 1 atom stereocenters. The van der Waals surface area contributed by atoms with Gasteiger partial charge in [0, 0.05) is 10.9 Å². The summed E-state index contributed by atoms with van der Waals surface area (Å²) in [5.41, 5.74) is 11.1. The Bertz CT molecular complexity index is 875. The Labute approximate surface area is 177 Å². The molecule has 8 nitrogen and oxygen atoms in total. The van der Waals surface area contributed by atoms with Crippen LogP contribution in [0.25, 0.3) is 0 Å². The van der Waals surface area contributed by atoms with Crippen LogP contribution in [0.3, 0.4) is 0 Å². The van der Waals surface area contributed by atoms with E-state index in [1.54, 1.807) is 6.92 Å². The monoisotopic (exact) mass is 435 g/mol. The molecule has 3 rings (SSSR count). The summed E-state index contributed by atoms with van der Waals surface area (Å²) >= 11 is 2.32. The molecular weight excluding hydrogens is 410 g/mol. The Kier molecular flexibility index (Phi) is 6.86. The van der Waals surface area contributed by atoms with Gasteiger partial charge in [-0.1, -0.05) is 25.3 Å². The highest BCUT2D eigenvalue weighted by molar-refractivity contribution is 7.10. The highest BCUT2D eigenvalue weighted by atomic mass is 32.1. The lowest BCUT2D eigenvalue weighted by Crippen LogP contribution is -2.50. The number of amides is 3. The molecule has 29 heavy (non-hydrogen) atoms. The largest absolute Gasteiger partial charge is 0.395 e. The summed E-state index contributed by atoms with van der Waals surface area (Å²) in [6.45, 7) is 1.97. The zero-order valence-corrected chi connectivity index (χ0v) is 17.9. The van der Waals surface area contributed by atoms with Crippen molar-refractivity contribution in [3.8, 4) is 0 Å². The number of aromatic nitrogens is 1. The molecule has 2 aromatic rings. The van der Waals surface area contributed by atoms with Crippen molar-refractivity contribution in [2.75, 3.05) is 5.73 Å². The fourth-order valence-corrected chi connectivity index (χ4v) is 4.89. The minimum absolute atomic E-state index is 0.0384. The smallest absolute Gasteiger partial charge is 0.270 e. The number of nitrogen functional groups attached to an aromatic ring is 1. The number of hydrogen-bond acceptors (Lipinski definition) is 7. The fraction of sp³-hybridized carbons (Fsp3) is 0.474. The lowest BCUT2D eigenvalue weighted by atomic mass is 9.95. The molecule has 5 N–H and O–H groups in total. The van der Waals surface area contributed by atoms with Gasteiger partial charge in [0.2, 0.25) is 5.91 Å². The molecule has 0 aliphatic heterocycles. The van der Waals surface area contributed by atoms with Gasteiger partial charge < -0.3 is 21.7 Å². The van der Waals surface area contributed by atoms with Gasteiger partial charge in [0.05, 0.1) is 12.2 Å². The molecule has 3 amide bonds. The van der Waals surface area contributed by atoms with Crippen LogP contribution in [0.5, 0.6) is 0 Å². The van der Waals surface area contributed by atoms with E-state index in [4.69, 9.17) is 11.5 Å². The highest BCUT2D eigenvalue weighted by Crippen LogP contribution is 2.26. The maximum absolute atomic E-state index is 13.3. The third kappa shape index (κ3) is 4.94. The van der Waals surface area contributed by atoms with Crippen molar-refractivity contribution in [1.82, 2.24) is 14.6 Å². The summed E-state index contributed by atoms with van der Waals surface area (Å²) < 4.78 is 3.91. The molecule has 1 saturated carbocycles. The molecular formula is C19H25N5O3S2. The second kappa shape index (κ2) is 9.36. The van der Waals surface area contributed by atoms with Gasteiger partial charge in [-0.05, 0) is 42.7 Å². The van der Waals surface area contributed by atoms with Crippen LogP contribution in [0.2, 0.25) is 0 Å². The molecule has 0 bridgehead atoms. The van der Waals surface area contributed by atoms with Crippen molar-refractivity contribution in [3.63, 3.8) is 0 Å². The van der Waals surface area contributed by atoms with Gasteiger partial charge >= 0.3 is 0 Å². The first-order valence-corrected chi connectivity index (χ1v) is 11.2. The van der Waals surface area contributed by atoms with Crippen LogP contribution in [-0.2, 0) is 11.3 Å². The predicted molar refractivity (Wildman–Crippen MR) is 114 cm³/mol. The Hall–Kier alpha value is -2.46. The quantitative estimate of drug-likeness (QED) is 0.614. The topological polar surface area (TPSA) is 131 Å². The van der Waals surface area contributed by atoms with E-state index in [0.29, 0.717) is 0 Å². The molecule has 0 spiro atoms. The molecule has 0 aromatic carbocycles. The van der Waals surface area contributed by atoms with Crippen molar-refractivity contribution in [2.45, 2.75) is 57.7 Å². The molecule has 10 heteroatoms. The number of nitrogens with zero attached hydrogens (tertiary/aromatic N) is 2. The molecule has 156 valence electrons. The first-order valence-electron chi connectivity index (χ1n) is 9.57. The van der Waals surface area contributed by atoms with Crippen LogP contribution in [-0.4, -0.2) is 39.1 Å². The summed E-state index contributed by atoms with van der Waals surface area (Å²) in [6, 6.07) is 3.24. The second-order valence-corrected chi connectivity index (χ2v) is 8.98. The zero-order valence-electron chi connectivity index (χ0n) is 16.2. The van der Waals surface area contributed by atoms with E-state index in [1.165, 1.54) is 22.7 Å². The van der Waals surface area contributed by atoms with E-state index in [2.05, 4.69) is 9.69 Å². The fourth-order valence-electron chi connectivity index (χ4n) is 3.42. The third-order valence-corrected chi connectivity index (χ3v) is 6.83. The summed E-state index contributed by atoms with van der Waals surface area (Å²) in [5.74, 6) is -1.42. The van der Waals surface area contributed by atoms with E-state index < -0.39 is 17.9 Å². The molecule has 1 aliphatic carbocycles. The van der Waals surface area contributed by atoms with E-state index in [9.17, 15) is 14.4 Å². The van der Waals surface area contributed by atoms with Crippen LogP contribution in [0.15, 0.2) is 17.5 Å². The number of rotatable bonds is 7. The third-order valence-electron chi connectivity index (χ3n) is 5.12. The molecule has 2 heterocycles. The Morgan fingerprint density at radius 2 is 2.03 bits per heavy atom. The Morgan fingerprint density at radius 1 is 1.31 bits per heavy atom. The van der Waals surface area contributed by atoms with Crippen molar-refractivity contribution in [1.29, 1.82) is 0 Å². The summed E-state index contributed by atoms with van der Waals surface area (Å²) in [4.78, 5) is 40.1. The molecule has 1 aliphatic rings. The van der Waals surface area contributed by atoms with E-state index >= 15 is 0 Å². The standard InChI is InChI=1S/C19H25N5O3S2/c1-11(18(26)22-12-6-3-2-4-7-12)24(10-13-8-5-9-28-13)19(27)16-14(20)15(17(21)25)23-29-16/h5,8-9,11-12H,2-4,6-7,10,20H2,1H3,(H2,21,25)(H,22,26)/t11-/m0/s1. The second-order valence-electron chi connectivity index (χ2n) is 7.17. The lowest BCUT2D eigenvalue weighted by Gasteiger charge is -2.30. The number of carbonyl (C=O) groups excluding carboxylic acids is 3. The first-order chi connectivity index (χ1) is 13.9. The number of anilines is 1. The van der Waals surface area contributed by atoms with Gasteiger partial charge in [0.15, 0.2) is 5.69 Å². The zero-order chi connectivity index (χ0) is 21.0. The molecule has 0 saturated heterocycles. The maximum Gasteiger partial charge on any atom is 0.270 e. The molecule has 0 unspecified atom stereocenters. The van der Waals surface area contributed by atoms with E-state index in [1.807, 2.05) is 17.5 Å². The minimum Gasteiger partial charge on any atom is -0.395 e. The number of nitrogens with two attached hydrogens (primary N) is 2. The Balaban J connectivity index is 1.82. The molecule has 1 fully saturated rings.